The number of rotatable bonds is 4. The second-order valence-electron chi connectivity index (χ2n) is 5.35. The first kappa shape index (κ1) is 16.9. The number of anilines is 2. The predicted molar refractivity (Wildman–Crippen MR) is 92.5 cm³/mol. The van der Waals surface area contributed by atoms with Gasteiger partial charge in [-0.25, -0.2) is 0 Å². The highest BCUT2D eigenvalue weighted by Gasteiger charge is 2.14. The van der Waals surface area contributed by atoms with Gasteiger partial charge in [0.05, 0.1) is 11.6 Å². The highest BCUT2D eigenvalue weighted by atomic mass is 16.5. The summed E-state index contributed by atoms with van der Waals surface area (Å²) in [5, 5.41) is 17.8. The van der Waals surface area contributed by atoms with Crippen molar-refractivity contribution in [2.75, 3.05) is 10.6 Å². The third-order valence-electron chi connectivity index (χ3n) is 3.37. The Morgan fingerprint density at radius 3 is 2.69 bits per heavy atom. The first-order valence-electron chi connectivity index (χ1n) is 7.57. The van der Waals surface area contributed by atoms with E-state index in [9.17, 15) is 9.59 Å². The lowest BCUT2D eigenvalue weighted by Crippen LogP contribution is -2.17. The van der Waals surface area contributed by atoms with Gasteiger partial charge in [-0.05, 0) is 37.3 Å². The van der Waals surface area contributed by atoms with Crippen LogP contribution < -0.4 is 10.6 Å². The van der Waals surface area contributed by atoms with E-state index >= 15 is 0 Å². The van der Waals surface area contributed by atoms with Crippen LogP contribution in [0.4, 0.5) is 11.5 Å². The summed E-state index contributed by atoms with van der Waals surface area (Å²) in [6.07, 6.45) is 1.36. The zero-order chi connectivity index (χ0) is 18.5. The van der Waals surface area contributed by atoms with E-state index < -0.39 is 11.8 Å². The van der Waals surface area contributed by atoms with Crippen molar-refractivity contribution in [3.63, 3.8) is 0 Å². The van der Waals surface area contributed by atoms with Crippen molar-refractivity contribution >= 4 is 23.3 Å². The number of hydrogen-bond donors (Lipinski definition) is 2. The Labute approximate surface area is 148 Å². The molecule has 0 spiro atoms. The van der Waals surface area contributed by atoms with Gasteiger partial charge in [0.2, 0.25) is 0 Å². The first-order valence-corrected chi connectivity index (χ1v) is 7.57. The average Bonchev–Trinajstić information content (AvgIpc) is 3.06. The van der Waals surface area contributed by atoms with Gasteiger partial charge >= 0.3 is 0 Å². The number of hydrogen-bond acceptors (Lipinski definition) is 6. The largest absolute Gasteiger partial charge is 0.360 e. The van der Waals surface area contributed by atoms with Gasteiger partial charge in [-0.3, -0.25) is 14.6 Å². The quantitative estimate of drug-likeness (QED) is 0.748. The van der Waals surface area contributed by atoms with Crippen LogP contribution in [0.5, 0.6) is 0 Å². The number of benzene rings is 1. The summed E-state index contributed by atoms with van der Waals surface area (Å²) in [5.41, 5.74) is 1.23. The standard InChI is InChI=1S/C18H13N5O3/c1-11-7-16(23-26-11)22-18(25)15-9-13(5-6-20-15)17(24)21-14-4-2-3-12(8-14)10-19/h2-9H,1H3,(H,21,24)(H,22,23,25). The Balaban J connectivity index is 1.74. The topological polar surface area (TPSA) is 121 Å². The van der Waals surface area contributed by atoms with Crippen molar-refractivity contribution in [3.8, 4) is 6.07 Å². The molecule has 0 radical (unpaired) electrons. The molecular formula is C18H13N5O3. The first-order chi connectivity index (χ1) is 12.5. The van der Waals surface area contributed by atoms with Crippen LogP contribution in [-0.2, 0) is 0 Å². The maximum Gasteiger partial charge on any atom is 0.275 e. The smallest absolute Gasteiger partial charge is 0.275 e. The molecule has 128 valence electrons. The molecule has 0 unspecified atom stereocenters. The molecule has 0 aliphatic carbocycles. The maximum atomic E-state index is 12.4. The van der Waals surface area contributed by atoms with Crippen molar-refractivity contribution in [1.82, 2.24) is 10.1 Å². The van der Waals surface area contributed by atoms with Gasteiger partial charge in [0.25, 0.3) is 11.8 Å². The van der Waals surface area contributed by atoms with E-state index in [4.69, 9.17) is 9.78 Å². The lowest BCUT2D eigenvalue weighted by Gasteiger charge is -2.07. The minimum Gasteiger partial charge on any atom is -0.360 e. The van der Waals surface area contributed by atoms with Crippen LogP contribution in [0, 0.1) is 18.3 Å². The van der Waals surface area contributed by atoms with Gasteiger partial charge in [-0.2, -0.15) is 5.26 Å². The van der Waals surface area contributed by atoms with Crippen molar-refractivity contribution in [3.05, 3.63) is 71.2 Å². The highest BCUT2D eigenvalue weighted by Crippen LogP contribution is 2.13. The molecule has 0 aliphatic rings. The Kier molecular flexibility index (Phi) is 4.71. The van der Waals surface area contributed by atoms with Crippen LogP contribution in [0.15, 0.2) is 53.2 Å². The average molecular weight is 347 g/mol. The molecule has 3 aromatic rings. The summed E-state index contributed by atoms with van der Waals surface area (Å²) < 4.78 is 4.88. The maximum absolute atomic E-state index is 12.4. The monoisotopic (exact) mass is 347 g/mol. The molecule has 2 aromatic heterocycles. The second-order valence-corrected chi connectivity index (χ2v) is 5.35. The molecule has 1 aromatic carbocycles. The molecule has 8 heteroatoms. The number of nitrogens with one attached hydrogen (secondary N) is 2. The molecule has 8 nitrogen and oxygen atoms in total. The molecular weight excluding hydrogens is 334 g/mol. The van der Waals surface area contributed by atoms with Crippen LogP contribution in [-0.4, -0.2) is 22.0 Å². The lowest BCUT2D eigenvalue weighted by atomic mass is 10.2. The van der Waals surface area contributed by atoms with Gasteiger partial charge in [0, 0.05) is 23.5 Å². The lowest BCUT2D eigenvalue weighted by molar-refractivity contribution is 0.102. The van der Waals surface area contributed by atoms with Crippen LogP contribution in [0.2, 0.25) is 0 Å². The second kappa shape index (κ2) is 7.27. The Hall–Kier alpha value is -3.99. The molecule has 0 saturated heterocycles. The SMILES string of the molecule is Cc1cc(NC(=O)c2cc(C(=O)Nc3cccc(C#N)c3)ccn2)no1. The molecule has 2 heterocycles. The number of carbonyl (C=O) groups is 2. The van der Waals surface area contributed by atoms with Crippen LogP contribution in [0.1, 0.15) is 32.2 Å². The van der Waals surface area contributed by atoms with Gasteiger partial charge in [-0.1, -0.05) is 11.2 Å². The minimum absolute atomic E-state index is 0.0593. The fourth-order valence-electron chi connectivity index (χ4n) is 2.17. The fraction of sp³-hybridized carbons (Fsp3) is 0.0556. The zero-order valence-electron chi connectivity index (χ0n) is 13.7. The number of nitriles is 1. The van der Waals surface area contributed by atoms with Crippen molar-refractivity contribution in [1.29, 1.82) is 5.26 Å². The highest BCUT2D eigenvalue weighted by molar-refractivity contribution is 6.07. The van der Waals surface area contributed by atoms with Gasteiger partial charge < -0.3 is 15.2 Å². The van der Waals surface area contributed by atoms with E-state index in [1.807, 2.05) is 6.07 Å². The summed E-state index contributed by atoms with van der Waals surface area (Å²) in [6, 6.07) is 12.9. The van der Waals surface area contributed by atoms with E-state index in [2.05, 4.69) is 20.8 Å². The van der Waals surface area contributed by atoms with Crippen molar-refractivity contribution in [2.24, 2.45) is 0 Å². The Morgan fingerprint density at radius 2 is 1.96 bits per heavy atom. The van der Waals surface area contributed by atoms with E-state index in [1.54, 1.807) is 37.3 Å². The number of carbonyl (C=O) groups excluding carboxylic acids is 2. The molecule has 0 aliphatic heterocycles. The predicted octanol–water partition coefficient (Wildman–Crippen LogP) is 2.75. The van der Waals surface area contributed by atoms with Crippen molar-refractivity contribution < 1.29 is 14.1 Å². The van der Waals surface area contributed by atoms with Crippen molar-refractivity contribution in [2.45, 2.75) is 6.92 Å². The normalized spacial score (nSPS) is 10.0. The zero-order valence-corrected chi connectivity index (χ0v) is 13.7. The summed E-state index contributed by atoms with van der Waals surface area (Å²) in [6.45, 7) is 1.70. The number of nitrogens with zero attached hydrogens (tertiary/aromatic N) is 3. The van der Waals surface area contributed by atoms with E-state index in [1.165, 1.54) is 18.3 Å². The molecule has 3 rings (SSSR count). The molecule has 2 amide bonds. The third-order valence-corrected chi connectivity index (χ3v) is 3.37. The van der Waals surface area contributed by atoms with Crippen LogP contribution in [0.3, 0.4) is 0 Å². The fourth-order valence-corrected chi connectivity index (χ4v) is 2.17. The summed E-state index contributed by atoms with van der Waals surface area (Å²) in [7, 11) is 0. The summed E-state index contributed by atoms with van der Waals surface area (Å²) in [4.78, 5) is 28.6. The van der Waals surface area contributed by atoms with Gasteiger partial charge in [0.1, 0.15) is 11.5 Å². The molecule has 2 N–H and O–H groups in total. The van der Waals surface area contributed by atoms with Crippen LogP contribution in [0.25, 0.3) is 0 Å². The summed E-state index contributed by atoms with van der Waals surface area (Å²) >= 11 is 0. The Morgan fingerprint density at radius 1 is 1.12 bits per heavy atom. The molecule has 0 bridgehead atoms. The number of aromatic nitrogens is 2. The molecule has 26 heavy (non-hydrogen) atoms. The van der Waals surface area contributed by atoms with E-state index in [0.717, 1.165) is 0 Å². The number of amides is 2. The van der Waals surface area contributed by atoms with Gasteiger partial charge in [-0.15, -0.1) is 0 Å². The third kappa shape index (κ3) is 3.91. The Bertz CT molecular complexity index is 1020. The molecule has 0 saturated carbocycles. The molecule has 0 fully saturated rings. The minimum atomic E-state index is -0.514. The molecule has 0 atom stereocenters. The van der Waals surface area contributed by atoms with E-state index in [-0.39, 0.29) is 17.1 Å². The van der Waals surface area contributed by atoms with E-state index in [0.29, 0.717) is 17.0 Å². The van der Waals surface area contributed by atoms with Gasteiger partial charge in [0.15, 0.2) is 5.82 Å². The summed E-state index contributed by atoms with van der Waals surface area (Å²) in [5.74, 6) is -0.119. The van der Waals surface area contributed by atoms with Crippen LogP contribution >= 0.6 is 0 Å². The number of aryl methyl sites for hydroxylation is 1. The number of pyridine rings is 1.